The molecule has 0 spiro atoms. The molecule has 17 heavy (non-hydrogen) atoms. The van der Waals surface area contributed by atoms with Crippen molar-refractivity contribution in [2.24, 2.45) is 0 Å². The Morgan fingerprint density at radius 3 is 2.76 bits per heavy atom. The lowest BCUT2D eigenvalue weighted by Crippen LogP contribution is -2.44. The van der Waals surface area contributed by atoms with Gasteiger partial charge in [0.15, 0.2) is 0 Å². The molecule has 102 valence electrons. The molecule has 1 fully saturated rings. The van der Waals surface area contributed by atoms with E-state index in [1.807, 2.05) is 13.8 Å². The van der Waals surface area contributed by atoms with Gasteiger partial charge in [-0.1, -0.05) is 19.8 Å². The number of hydrogen-bond acceptors (Lipinski definition) is 3. The Balaban J connectivity index is 2.30. The minimum Gasteiger partial charge on any atom is -0.389 e. The van der Waals surface area contributed by atoms with Crippen LogP contribution in [0.2, 0.25) is 0 Å². The molecule has 0 aromatic heterocycles. The van der Waals surface area contributed by atoms with E-state index in [1.165, 1.54) is 32.1 Å². The van der Waals surface area contributed by atoms with Crippen LogP contribution in [0, 0.1) is 0 Å². The third-order valence-corrected chi connectivity index (χ3v) is 3.44. The van der Waals surface area contributed by atoms with Gasteiger partial charge in [-0.15, -0.1) is 0 Å². The molecule has 3 nitrogen and oxygen atoms in total. The molecule has 1 heterocycles. The predicted molar refractivity (Wildman–Crippen MR) is 71.2 cm³/mol. The van der Waals surface area contributed by atoms with Gasteiger partial charge in [0, 0.05) is 12.6 Å². The van der Waals surface area contributed by atoms with Gasteiger partial charge in [0.1, 0.15) is 0 Å². The summed E-state index contributed by atoms with van der Waals surface area (Å²) in [6, 6.07) is 0.683. The number of nitrogens with zero attached hydrogens (tertiary/aromatic N) is 1. The number of aliphatic hydroxyl groups is 1. The molecule has 0 radical (unpaired) electrons. The van der Waals surface area contributed by atoms with Crippen molar-refractivity contribution in [3.8, 4) is 0 Å². The molecule has 3 heteroatoms. The van der Waals surface area contributed by atoms with Crippen LogP contribution in [0.15, 0.2) is 0 Å². The van der Waals surface area contributed by atoms with Gasteiger partial charge >= 0.3 is 0 Å². The predicted octanol–water partition coefficient (Wildman–Crippen LogP) is 2.43. The highest BCUT2D eigenvalue weighted by Crippen LogP contribution is 2.20. The lowest BCUT2D eigenvalue weighted by Gasteiger charge is -2.37. The Morgan fingerprint density at radius 1 is 1.35 bits per heavy atom. The number of ether oxygens (including phenoxy) is 1. The van der Waals surface area contributed by atoms with Gasteiger partial charge in [0.05, 0.1) is 18.8 Å². The van der Waals surface area contributed by atoms with Crippen molar-refractivity contribution in [2.75, 3.05) is 19.7 Å². The standard InChI is InChI=1S/C14H29NO2/c1-4-7-13-8-5-6-9-15(13)10-14(16)11-17-12(2)3/h12-14,16H,4-11H2,1-3H3. The zero-order chi connectivity index (χ0) is 12.7. The van der Waals surface area contributed by atoms with Crippen molar-refractivity contribution in [3.63, 3.8) is 0 Å². The van der Waals surface area contributed by atoms with Crippen LogP contribution in [0.4, 0.5) is 0 Å². The molecule has 2 atom stereocenters. The van der Waals surface area contributed by atoms with E-state index in [9.17, 15) is 5.11 Å². The Labute approximate surface area is 106 Å². The van der Waals surface area contributed by atoms with Crippen LogP contribution >= 0.6 is 0 Å². The first-order valence-corrected chi connectivity index (χ1v) is 7.17. The Kier molecular flexibility index (Phi) is 7.09. The molecule has 1 aliphatic heterocycles. The van der Waals surface area contributed by atoms with Crippen molar-refractivity contribution in [3.05, 3.63) is 0 Å². The van der Waals surface area contributed by atoms with Crippen molar-refractivity contribution < 1.29 is 9.84 Å². The van der Waals surface area contributed by atoms with E-state index in [1.54, 1.807) is 0 Å². The second-order valence-electron chi connectivity index (χ2n) is 5.47. The highest BCUT2D eigenvalue weighted by molar-refractivity contribution is 4.78. The summed E-state index contributed by atoms with van der Waals surface area (Å²) in [5, 5.41) is 9.97. The Hall–Kier alpha value is -0.120. The summed E-state index contributed by atoms with van der Waals surface area (Å²) in [7, 11) is 0. The molecule has 0 aliphatic carbocycles. The van der Waals surface area contributed by atoms with Crippen molar-refractivity contribution in [1.82, 2.24) is 4.90 Å². The minimum atomic E-state index is -0.338. The van der Waals surface area contributed by atoms with Crippen molar-refractivity contribution >= 4 is 0 Å². The molecule has 0 saturated carbocycles. The fourth-order valence-corrected chi connectivity index (χ4v) is 2.59. The van der Waals surface area contributed by atoms with E-state index in [4.69, 9.17) is 4.74 Å². The number of rotatable bonds is 7. The Bertz CT molecular complexity index is 195. The SMILES string of the molecule is CCCC1CCCCN1CC(O)COC(C)C. The highest BCUT2D eigenvalue weighted by atomic mass is 16.5. The zero-order valence-electron chi connectivity index (χ0n) is 11.7. The molecular formula is C14H29NO2. The summed E-state index contributed by atoms with van der Waals surface area (Å²) < 4.78 is 5.46. The Morgan fingerprint density at radius 2 is 2.12 bits per heavy atom. The zero-order valence-corrected chi connectivity index (χ0v) is 11.7. The molecule has 0 aromatic carbocycles. The number of hydrogen-bond donors (Lipinski definition) is 1. The average Bonchev–Trinajstić information content (AvgIpc) is 2.29. The number of likely N-dealkylation sites (tertiary alicyclic amines) is 1. The van der Waals surface area contributed by atoms with Crippen LogP contribution in [0.1, 0.15) is 52.9 Å². The largest absolute Gasteiger partial charge is 0.389 e. The molecular weight excluding hydrogens is 214 g/mol. The first kappa shape index (κ1) is 14.9. The highest BCUT2D eigenvalue weighted by Gasteiger charge is 2.23. The first-order valence-electron chi connectivity index (χ1n) is 7.17. The van der Waals surface area contributed by atoms with Crippen LogP contribution in [0.25, 0.3) is 0 Å². The third-order valence-electron chi connectivity index (χ3n) is 3.44. The molecule has 0 bridgehead atoms. The topological polar surface area (TPSA) is 32.7 Å². The normalized spacial score (nSPS) is 24.2. The lowest BCUT2D eigenvalue weighted by molar-refractivity contribution is -0.0191. The van der Waals surface area contributed by atoms with Crippen LogP contribution in [0.3, 0.4) is 0 Å². The van der Waals surface area contributed by atoms with Gasteiger partial charge in [-0.3, -0.25) is 4.90 Å². The van der Waals surface area contributed by atoms with Crippen molar-refractivity contribution in [2.45, 2.75) is 71.1 Å². The van der Waals surface area contributed by atoms with Gasteiger partial charge in [-0.2, -0.15) is 0 Å². The van der Waals surface area contributed by atoms with E-state index < -0.39 is 0 Å². The minimum absolute atomic E-state index is 0.206. The van der Waals surface area contributed by atoms with Gasteiger partial charge in [0.2, 0.25) is 0 Å². The molecule has 1 aliphatic rings. The second-order valence-corrected chi connectivity index (χ2v) is 5.47. The quantitative estimate of drug-likeness (QED) is 0.745. The van der Waals surface area contributed by atoms with Crippen LogP contribution in [-0.2, 0) is 4.74 Å². The van der Waals surface area contributed by atoms with Crippen LogP contribution in [0.5, 0.6) is 0 Å². The third kappa shape index (κ3) is 5.84. The summed E-state index contributed by atoms with van der Waals surface area (Å²) in [5.74, 6) is 0. The molecule has 0 aromatic rings. The van der Waals surface area contributed by atoms with Gasteiger partial charge < -0.3 is 9.84 Å². The molecule has 2 unspecified atom stereocenters. The van der Waals surface area contributed by atoms with E-state index in [2.05, 4.69) is 11.8 Å². The fraction of sp³-hybridized carbons (Fsp3) is 1.00. The summed E-state index contributed by atoms with van der Waals surface area (Å²) in [6.07, 6.45) is 6.29. The van der Waals surface area contributed by atoms with Gasteiger partial charge in [0.25, 0.3) is 0 Å². The molecule has 1 rings (SSSR count). The van der Waals surface area contributed by atoms with Crippen molar-refractivity contribution in [1.29, 1.82) is 0 Å². The van der Waals surface area contributed by atoms with Gasteiger partial charge in [-0.25, -0.2) is 0 Å². The number of piperidine rings is 1. The van der Waals surface area contributed by atoms with Crippen LogP contribution in [-0.4, -0.2) is 48.0 Å². The molecule has 1 saturated heterocycles. The summed E-state index contributed by atoms with van der Waals surface area (Å²) in [5.41, 5.74) is 0. The van der Waals surface area contributed by atoms with E-state index in [-0.39, 0.29) is 12.2 Å². The maximum atomic E-state index is 9.97. The fourth-order valence-electron chi connectivity index (χ4n) is 2.59. The number of aliphatic hydroxyl groups excluding tert-OH is 1. The van der Waals surface area contributed by atoms with E-state index >= 15 is 0 Å². The maximum absolute atomic E-state index is 9.97. The number of β-amino-alcohol motifs (C(OH)–C–C–N with tert-alkyl or cyclic N) is 1. The monoisotopic (exact) mass is 243 g/mol. The lowest BCUT2D eigenvalue weighted by atomic mass is 9.98. The summed E-state index contributed by atoms with van der Waals surface area (Å²) >= 11 is 0. The summed E-state index contributed by atoms with van der Waals surface area (Å²) in [6.45, 7) is 8.64. The summed E-state index contributed by atoms with van der Waals surface area (Å²) in [4.78, 5) is 2.46. The van der Waals surface area contributed by atoms with E-state index in [0.717, 1.165) is 13.1 Å². The molecule has 1 N–H and O–H groups in total. The second kappa shape index (κ2) is 8.06. The molecule has 0 amide bonds. The maximum Gasteiger partial charge on any atom is 0.0900 e. The first-order chi connectivity index (χ1) is 8.13. The van der Waals surface area contributed by atoms with Gasteiger partial charge in [-0.05, 0) is 39.7 Å². The smallest absolute Gasteiger partial charge is 0.0900 e. The average molecular weight is 243 g/mol. The van der Waals surface area contributed by atoms with Crippen LogP contribution < -0.4 is 0 Å². The van der Waals surface area contributed by atoms with E-state index in [0.29, 0.717) is 12.6 Å².